The third-order valence-electron chi connectivity index (χ3n) is 7.84. The van der Waals surface area contributed by atoms with Crippen LogP contribution in [0.3, 0.4) is 0 Å². The number of nitrogens with one attached hydrogen (secondary N) is 3. The summed E-state index contributed by atoms with van der Waals surface area (Å²) in [5.41, 5.74) is 15.0. The van der Waals surface area contributed by atoms with Gasteiger partial charge in [-0.05, 0) is 75.6 Å². The second-order valence-corrected chi connectivity index (χ2v) is 10.7. The predicted molar refractivity (Wildman–Crippen MR) is 151 cm³/mol. The molecular weight excluding hydrogens is 478 g/mol. The van der Waals surface area contributed by atoms with Crippen LogP contribution in [-0.2, 0) is 6.54 Å². The molecule has 204 valence electrons. The number of aromatic nitrogens is 4. The van der Waals surface area contributed by atoms with Gasteiger partial charge < -0.3 is 32.0 Å². The normalized spacial score (nSPS) is 20.1. The average molecular weight is 520 g/mol. The number of nitrogens with zero attached hydrogens (tertiary/aromatic N) is 4. The van der Waals surface area contributed by atoms with E-state index in [1.165, 1.54) is 12.8 Å². The summed E-state index contributed by atoms with van der Waals surface area (Å²) >= 11 is 0. The lowest BCUT2D eigenvalue weighted by Gasteiger charge is -2.27. The maximum atomic E-state index is 12.4. The lowest BCUT2D eigenvalue weighted by atomic mass is 9.92. The van der Waals surface area contributed by atoms with Crippen molar-refractivity contribution < 1.29 is 4.79 Å². The van der Waals surface area contributed by atoms with Crippen LogP contribution in [0.5, 0.6) is 0 Å². The summed E-state index contributed by atoms with van der Waals surface area (Å²) in [6.45, 7) is 1.85. The maximum absolute atomic E-state index is 12.4. The van der Waals surface area contributed by atoms with Crippen LogP contribution in [0.15, 0.2) is 30.6 Å². The van der Waals surface area contributed by atoms with Crippen molar-refractivity contribution in [2.75, 3.05) is 23.7 Å². The monoisotopic (exact) mass is 519 g/mol. The van der Waals surface area contributed by atoms with E-state index >= 15 is 0 Å². The van der Waals surface area contributed by atoms with Gasteiger partial charge in [0, 0.05) is 36.8 Å². The fraction of sp³-hybridized carbons (Fsp3) is 0.571. The average Bonchev–Trinajstić information content (AvgIpc) is 3.61. The summed E-state index contributed by atoms with van der Waals surface area (Å²) < 4.78 is 2.23. The minimum absolute atomic E-state index is 0.0594. The maximum Gasteiger partial charge on any atom is 0.251 e. The van der Waals surface area contributed by atoms with Crippen molar-refractivity contribution in [2.45, 2.75) is 88.9 Å². The van der Waals surface area contributed by atoms with Gasteiger partial charge >= 0.3 is 0 Å². The predicted octanol–water partition coefficient (Wildman–Crippen LogP) is 3.70. The fourth-order valence-corrected chi connectivity index (χ4v) is 5.53. The van der Waals surface area contributed by atoms with Crippen molar-refractivity contribution in [2.24, 2.45) is 11.5 Å². The Bertz CT molecular complexity index is 1200. The molecule has 2 aromatic heterocycles. The van der Waals surface area contributed by atoms with Gasteiger partial charge in [-0.3, -0.25) is 4.79 Å². The number of hydrogen-bond acceptors (Lipinski definition) is 8. The Morgan fingerprint density at radius 3 is 2.50 bits per heavy atom. The second-order valence-electron chi connectivity index (χ2n) is 10.7. The summed E-state index contributed by atoms with van der Waals surface area (Å²) in [5, 5.41) is 10.0. The molecule has 1 aromatic carbocycles. The molecule has 0 unspecified atom stereocenters. The zero-order chi connectivity index (χ0) is 26.3. The van der Waals surface area contributed by atoms with E-state index in [1.807, 2.05) is 30.6 Å². The molecule has 0 saturated heterocycles. The Morgan fingerprint density at radius 2 is 1.76 bits per heavy atom. The number of carbonyl (C=O) groups is 1. The van der Waals surface area contributed by atoms with Gasteiger partial charge in [-0.2, -0.15) is 9.97 Å². The number of imidazole rings is 1. The van der Waals surface area contributed by atoms with E-state index in [-0.39, 0.29) is 5.91 Å². The SMILES string of the molecule is NCCCCNC(=O)c1ccc(CNc2nc(NC3CCC(N)CC3)nc3c2ncn3C2CCCC2)cc1. The molecule has 10 nitrogen and oxygen atoms in total. The Hall–Kier alpha value is -3.24. The standard InChI is InChI=1S/C28H41N9O/c29-15-3-4-16-31-27(38)20-9-7-19(8-10-20)17-32-25-24-26(37(18-33-24)23-5-1-2-6-23)36-28(35-25)34-22-13-11-21(30)12-14-22/h7-10,18,21-23H,1-6,11-17,29-30H2,(H,31,38)(H2,32,34,35,36). The molecule has 2 aliphatic carbocycles. The number of amides is 1. The van der Waals surface area contributed by atoms with Gasteiger partial charge in [0.1, 0.15) is 0 Å². The highest BCUT2D eigenvalue weighted by Crippen LogP contribution is 2.33. The lowest BCUT2D eigenvalue weighted by molar-refractivity contribution is 0.0953. The Morgan fingerprint density at radius 1 is 1.00 bits per heavy atom. The fourth-order valence-electron chi connectivity index (χ4n) is 5.53. The first-order valence-electron chi connectivity index (χ1n) is 14.2. The number of anilines is 2. The van der Waals surface area contributed by atoms with E-state index in [9.17, 15) is 4.79 Å². The first-order valence-corrected chi connectivity index (χ1v) is 14.2. The molecule has 10 heteroatoms. The smallest absolute Gasteiger partial charge is 0.251 e. The van der Waals surface area contributed by atoms with E-state index in [0.29, 0.717) is 49.3 Å². The van der Waals surface area contributed by atoms with Gasteiger partial charge in [-0.1, -0.05) is 25.0 Å². The number of benzene rings is 1. The number of nitrogens with two attached hydrogens (primary N) is 2. The summed E-state index contributed by atoms with van der Waals surface area (Å²) in [5.74, 6) is 1.31. The Kier molecular flexibility index (Phi) is 8.70. The molecule has 2 saturated carbocycles. The van der Waals surface area contributed by atoms with Gasteiger partial charge in [0.05, 0.1) is 6.33 Å². The van der Waals surface area contributed by atoms with Crippen LogP contribution in [0.1, 0.15) is 86.2 Å². The van der Waals surface area contributed by atoms with E-state index in [2.05, 4.69) is 20.5 Å². The van der Waals surface area contributed by atoms with Crippen molar-refractivity contribution in [3.05, 3.63) is 41.7 Å². The molecule has 0 radical (unpaired) electrons. The van der Waals surface area contributed by atoms with Crippen molar-refractivity contribution in [1.82, 2.24) is 24.8 Å². The van der Waals surface area contributed by atoms with E-state index in [0.717, 1.165) is 73.9 Å². The highest BCUT2D eigenvalue weighted by Gasteiger charge is 2.24. The highest BCUT2D eigenvalue weighted by atomic mass is 16.1. The molecule has 38 heavy (non-hydrogen) atoms. The quantitative estimate of drug-likeness (QED) is 0.241. The van der Waals surface area contributed by atoms with Gasteiger partial charge in [0.25, 0.3) is 5.91 Å². The molecular formula is C28H41N9O. The van der Waals surface area contributed by atoms with Crippen molar-refractivity contribution in [3.8, 4) is 0 Å². The van der Waals surface area contributed by atoms with Crippen LogP contribution in [0, 0.1) is 0 Å². The molecule has 0 bridgehead atoms. The van der Waals surface area contributed by atoms with Gasteiger partial charge in [0.2, 0.25) is 5.95 Å². The zero-order valence-electron chi connectivity index (χ0n) is 22.2. The number of fused-ring (bicyclic) bond motifs is 1. The summed E-state index contributed by atoms with van der Waals surface area (Å²) in [6, 6.07) is 8.74. The number of carbonyl (C=O) groups excluding carboxylic acids is 1. The van der Waals surface area contributed by atoms with E-state index < -0.39 is 0 Å². The molecule has 5 rings (SSSR count). The third-order valence-corrected chi connectivity index (χ3v) is 7.84. The minimum atomic E-state index is -0.0594. The third kappa shape index (κ3) is 6.42. The van der Waals surface area contributed by atoms with Crippen LogP contribution in [0.25, 0.3) is 11.2 Å². The first kappa shape index (κ1) is 26.4. The van der Waals surface area contributed by atoms with E-state index in [4.69, 9.17) is 26.4 Å². The molecule has 0 atom stereocenters. The van der Waals surface area contributed by atoms with Crippen molar-refractivity contribution in [1.29, 1.82) is 0 Å². The Balaban J connectivity index is 1.30. The molecule has 7 N–H and O–H groups in total. The highest BCUT2D eigenvalue weighted by molar-refractivity contribution is 5.94. The molecule has 0 aliphatic heterocycles. The summed E-state index contributed by atoms with van der Waals surface area (Å²) in [4.78, 5) is 26.9. The number of rotatable bonds is 11. The first-order chi connectivity index (χ1) is 18.6. The molecule has 0 spiro atoms. The zero-order valence-corrected chi connectivity index (χ0v) is 22.2. The second kappa shape index (κ2) is 12.5. The van der Waals surface area contributed by atoms with Crippen molar-refractivity contribution >= 4 is 28.8 Å². The largest absolute Gasteiger partial charge is 0.364 e. The summed E-state index contributed by atoms with van der Waals surface area (Å²) in [6.07, 6.45) is 12.6. The Labute approximate surface area is 224 Å². The lowest BCUT2D eigenvalue weighted by Crippen LogP contribution is -2.33. The van der Waals surface area contributed by atoms with Crippen LogP contribution < -0.4 is 27.4 Å². The molecule has 2 fully saturated rings. The van der Waals surface area contributed by atoms with Gasteiger partial charge in [0.15, 0.2) is 17.0 Å². The number of hydrogen-bond donors (Lipinski definition) is 5. The molecule has 1 amide bonds. The van der Waals surface area contributed by atoms with Gasteiger partial charge in [-0.15, -0.1) is 0 Å². The summed E-state index contributed by atoms with van der Waals surface area (Å²) in [7, 11) is 0. The van der Waals surface area contributed by atoms with Crippen molar-refractivity contribution in [3.63, 3.8) is 0 Å². The molecule has 2 heterocycles. The van der Waals surface area contributed by atoms with Crippen LogP contribution in [-0.4, -0.2) is 50.6 Å². The van der Waals surface area contributed by atoms with Crippen LogP contribution in [0.4, 0.5) is 11.8 Å². The number of unbranched alkanes of at least 4 members (excludes halogenated alkanes) is 1. The van der Waals surface area contributed by atoms with Crippen LogP contribution >= 0.6 is 0 Å². The van der Waals surface area contributed by atoms with Gasteiger partial charge in [-0.25, -0.2) is 4.98 Å². The van der Waals surface area contributed by atoms with Crippen LogP contribution in [0.2, 0.25) is 0 Å². The van der Waals surface area contributed by atoms with E-state index in [1.54, 1.807) is 0 Å². The molecule has 3 aromatic rings. The topological polar surface area (TPSA) is 149 Å². The minimum Gasteiger partial charge on any atom is -0.364 e. The molecule has 2 aliphatic rings.